The maximum Gasteiger partial charge on any atom is -0.0203 e. The molecule has 9 heavy (non-hydrogen) atoms. The molecule has 1 rings (SSSR count). The summed E-state index contributed by atoms with van der Waals surface area (Å²) in [7, 11) is 0. The molecule has 0 aliphatic heterocycles. The van der Waals surface area contributed by atoms with Crippen LogP contribution in [0.3, 0.4) is 0 Å². The smallest absolute Gasteiger partial charge is 0.0203 e. The van der Waals surface area contributed by atoms with Crippen LogP contribution < -0.4 is 5.11 Å². The molecular formula is C8H11O-. The van der Waals surface area contributed by atoms with E-state index in [1.807, 2.05) is 6.08 Å². The molecule has 0 amide bonds. The Hall–Kier alpha value is -0.720. The van der Waals surface area contributed by atoms with Gasteiger partial charge < -0.3 is 5.11 Å². The van der Waals surface area contributed by atoms with Gasteiger partial charge in [0.05, 0.1) is 0 Å². The van der Waals surface area contributed by atoms with Crippen LogP contribution in [-0.2, 0) is 0 Å². The van der Waals surface area contributed by atoms with Crippen LogP contribution in [0.25, 0.3) is 0 Å². The van der Waals surface area contributed by atoms with Crippen molar-refractivity contribution in [2.24, 2.45) is 5.92 Å². The lowest BCUT2D eigenvalue weighted by atomic mass is 9.94. The number of hydrogen-bond donors (Lipinski definition) is 0. The first-order chi connectivity index (χ1) is 4.20. The molecule has 1 unspecified atom stereocenters. The highest BCUT2D eigenvalue weighted by Gasteiger charge is 2.04. The Morgan fingerprint density at radius 3 is 2.67 bits per heavy atom. The van der Waals surface area contributed by atoms with E-state index in [9.17, 15) is 5.11 Å². The summed E-state index contributed by atoms with van der Waals surface area (Å²) in [5.41, 5.74) is 1.31. The zero-order valence-electron chi connectivity index (χ0n) is 5.85. The van der Waals surface area contributed by atoms with Crippen molar-refractivity contribution in [2.45, 2.75) is 20.3 Å². The van der Waals surface area contributed by atoms with Crippen LogP contribution in [0.15, 0.2) is 23.5 Å². The minimum absolute atomic E-state index is 0.258. The van der Waals surface area contributed by atoms with Gasteiger partial charge in [-0.3, -0.25) is 0 Å². The summed E-state index contributed by atoms with van der Waals surface area (Å²) in [6.45, 7) is 4.14. The van der Waals surface area contributed by atoms with Gasteiger partial charge in [-0.25, -0.2) is 0 Å². The molecule has 0 spiro atoms. The van der Waals surface area contributed by atoms with E-state index >= 15 is 0 Å². The second kappa shape index (κ2) is 2.26. The summed E-state index contributed by atoms with van der Waals surface area (Å²) >= 11 is 0. The Morgan fingerprint density at radius 2 is 2.22 bits per heavy atom. The summed E-state index contributed by atoms with van der Waals surface area (Å²) in [5, 5.41) is 10.7. The minimum atomic E-state index is 0.258. The molecule has 0 N–H and O–H groups in total. The first-order valence-electron chi connectivity index (χ1n) is 3.24. The van der Waals surface area contributed by atoms with E-state index in [1.54, 1.807) is 6.08 Å². The molecule has 0 fully saturated rings. The third kappa shape index (κ3) is 1.35. The highest BCUT2D eigenvalue weighted by Crippen LogP contribution is 2.20. The van der Waals surface area contributed by atoms with E-state index in [4.69, 9.17) is 0 Å². The molecule has 0 bridgehead atoms. The van der Waals surface area contributed by atoms with Crippen LogP contribution in [0, 0.1) is 5.92 Å². The van der Waals surface area contributed by atoms with Crippen LogP contribution in [0.2, 0.25) is 0 Å². The minimum Gasteiger partial charge on any atom is -0.875 e. The quantitative estimate of drug-likeness (QED) is 0.475. The maximum atomic E-state index is 10.7. The topological polar surface area (TPSA) is 23.1 Å². The summed E-state index contributed by atoms with van der Waals surface area (Å²) in [5.74, 6) is 0.718. The van der Waals surface area contributed by atoms with Crippen molar-refractivity contribution in [3.8, 4) is 0 Å². The standard InChI is InChI=1S/C8H12O/c1-6-3-4-8(9)5-7(6)2/h3-4,7,9H,5H2,1-2H3/p-1. The number of allylic oxidation sites excluding steroid dienone is 4. The summed E-state index contributed by atoms with van der Waals surface area (Å²) in [6.07, 6.45) is 4.27. The zero-order chi connectivity index (χ0) is 6.85. The molecule has 0 heterocycles. The Morgan fingerprint density at radius 1 is 1.56 bits per heavy atom. The van der Waals surface area contributed by atoms with Gasteiger partial charge in [0.2, 0.25) is 0 Å². The predicted octanol–water partition coefficient (Wildman–Crippen LogP) is 1.22. The van der Waals surface area contributed by atoms with E-state index in [0.717, 1.165) is 0 Å². The first kappa shape index (κ1) is 6.40. The second-order valence-electron chi connectivity index (χ2n) is 2.65. The Labute approximate surface area is 55.7 Å². The Kier molecular flexibility index (Phi) is 1.60. The maximum absolute atomic E-state index is 10.7. The van der Waals surface area contributed by atoms with Crippen molar-refractivity contribution in [3.63, 3.8) is 0 Å². The molecule has 0 saturated heterocycles. The largest absolute Gasteiger partial charge is 0.875 e. The van der Waals surface area contributed by atoms with Crippen molar-refractivity contribution in [2.75, 3.05) is 0 Å². The van der Waals surface area contributed by atoms with Gasteiger partial charge in [-0.1, -0.05) is 24.6 Å². The molecular weight excluding hydrogens is 112 g/mol. The molecule has 0 aromatic rings. The third-order valence-electron chi connectivity index (χ3n) is 1.82. The lowest BCUT2D eigenvalue weighted by Crippen LogP contribution is -2.11. The highest BCUT2D eigenvalue weighted by atomic mass is 16.3. The van der Waals surface area contributed by atoms with Crippen LogP contribution in [0.1, 0.15) is 20.3 Å². The molecule has 1 heteroatoms. The fourth-order valence-corrected chi connectivity index (χ4v) is 0.919. The monoisotopic (exact) mass is 123 g/mol. The average molecular weight is 123 g/mol. The van der Waals surface area contributed by atoms with Crippen LogP contribution in [0.5, 0.6) is 0 Å². The van der Waals surface area contributed by atoms with E-state index in [2.05, 4.69) is 13.8 Å². The lowest BCUT2D eigenvalue weighted by molar-refractivity contribution is -0.308. The van der Waals surface area contributed by atoms with Crippen LogP contribution in [0.4, 0.5) is 0 Å². The highest BCUT2D eigenvalue weighted by molar-refractivity contribution is 5.20. The van der Waals surface area contributed by atoms with Crippen LogP contribution >= 0.6 is 0 Å². The zero-order valence-corrected chi connectivity index (χ0v) is 5.85. The molecule has 0 aromatic carbocycles. The fraction of sp³-hybridized carbons (Fsp3) is 0.500. The van der Waals surface area contributed by atoms with E-state index < -0.39 is 0 Å². The van der Waals surface area contributed by atoms with Gasteiger partial charge in [-0.15, -0.1) is 5.76 Å². The summed E-state index contributed by atoms with van der Waals surface area (Å²) in [6, 6.07) is 0. The van der Waals surface area contributed by atoms with Gasteiger partial charge in [-0.05, 0) is 19.3 Å². The fourth-order valence-electron chi connectivity index (χ4n) is 0.919. The van der Waals surface area contributed by atoms with E-state index in [-0.39, 0.29) is 5.76 Å². The van der Waals surface area contributed by atoms with Gasteiger partial charge in [0.1, 0.15) is 0 Å². The van der Waals surface area contributed by atoms with E-state index in [1.165, 1.54) is 5.57 Å². The molecule has 1 atom stereocenters. The first-order valence-corrected chi connectivity index (χ1v) is 3.24. The molecule has 1 aliphatic carbocycles. The van der Waals surface area contributed by atoms with Crippen molar-refractivity contribution in [1.82, 2.24) is 0 Å². The van der Waals surface area contributed by atoms with Crippen LogP contribution in [-0.4, -0.2) is 0 Å². The lowest BCUT2D eigenvalue weighted by Gasteiger charge is -2.21. The summed E-state index contributed by atoms with van der Waals surface area (Å²) < 4.78 is 0. The van der Waals surface area contributed by atoms with Crippen molar-refractivity contribution in [1.29, 1.82) is 0 Å². The van der Waals surface area contributed by atoms with Crippen molar-refractivity contribution >= 4 is 0 Å². The van der Waals surface area contributed by atoms with Gasteiger partial charge in [0, 0.05) is 0 Å². The molecule has 0 radical (unpaired) electrons. The Balaban J connectivity index is 2.74. The molecule has 0 saturated carbocycles. The number of hydrogen-bond acceptors (Lipinski definition) is 1. The molecule has 1 nitrogen and oxygen atoms in total. The van der Waals surface area contributed by atoms with Crippen molar-refractivity contribution < 1.29 is 5.11 Å². The average Bonchev–Trinajstić information content (AvgIpc) is 1.80. The summed E-state index contributed by atoms with van der Waals surface area (Å²) in [4.78, 5) is 0. The van der Waals surface area contributed by atoms with Gasteiger partial charge in [-0.2, -0.15) is 0 Å². The molecule has 50 valence electrons. The third-order valence-corrected chi connectivity index (χ3v) is 1.82. The van der Waals surface area contributed by atoms with E-state index in [0.29, 0.717) is 12.3 Å². The van der Waals surface area contributed by atoms with Crippen molar-refractivity contribution in [3.05, 3.63) is 23.5 Å². The SMILES string of the molecule is CC1=CC=C([O-])CC1C. The molecule has 1 aliphatic rings. The predicted molar refractivity (Wildman–Crippen MR) is 35.6 cm³/mol. The normalized spacial score (nSPS) is 27.1. The van der Waals surface area contributed by atoms with Gasteiger partial charge >= 0.3 is 0 Å². The van der Waals surface area contributed by atoms with Gasteiger partial charge in [0.25, 0.3) is 0 Å². The Bertz CT molecular complexity index is 165. The second-order valence-corrected chi connectivity index (χ2v) is 2.65. The number of rotatable bonds is 0. The van der Waals surface area contributed by atoms with Gasteiger partial charge in [0.15, 0.2) is 0 Å². The molecule has 0 aromatic heterocycles.